The van der Waals surface area contributed by atoms with E-state index in [9.17, 15) is 0 Å². The number of unbranched alkanes of at least 4 members (excludes halogenated alkanes) is 3. The van der Waals surface area contributed by atoms with Gasteiger partial charge in [0.05, 0.1) is 5.69 Å². The van der Waals surface area contributed by atoms with Crippen LogP contribution in [0.2, 0.25) is 0 Å². The Morgan fingerprint density at radius 2 is 2.06 bits per heavy atom. The Kier molecular flexibility index (Phi) is 6.86. The number of nitrogens with one attached hydrogen (secondary N) is 1. The number of hydrogen-bond acceptors (Lipinski definition) is 4. The molecule has 0 spiro atoms. The molecule has 4 heteroatoms. The summed E-state index contributed by atoms with van der Waals surface area (Å²) >= 11 is 1.92. The minimum atomic E-state index is 0.773. The lowest BCUT2D eigenvalue weighted by Crippen LogP contribution is -2.07. The van der Waals surface area contributed by atoms with Gasteiger partial charge in [-0.3, -0.25) is 0 Å². The fraction of sp³-hybridized carbons (Fsp3) is 0.615. The summed E-state index contributed by atoms with van der Waals surface area (Å²) in [6.07, 6.45) is 9.06. The Balaban J connectivity index is 2.16. The SMILES string of the molecule is CSCCCCCCNc1nccc(C)c1N. The second-order valence-electron chi connectivity index (χ2n) is 4.22. The van der Waals surface area contributed by atoms with E-state index < -0.39 is 0 Å². The molecule has 0 saturated heterocycles. The summed E-state index contributed by atoms with van der Waals surface area (Å²) in [6, 6.07) is 1.93. The van der Waals surface area contributed by atoms with E-state index in [4.69, 9.17) is 5.73 Å². The van der Waals surface area contributed by atoms with Crippen molar-refractivity contribution >= 4 is 23.3 Å². The topological polar surface area (TPSA) is 50.9 Å². The zero-order chi connectivity index (χ0) is 12.5. The average molecular weight is 253 g/mol. The molecule has 0 atom stereocenters. The van der Waals surface area contributed by atoms with Gasteiger partial charge < -0.3 is 11.1 Å². The maximum Gasteiger partial charge on any atom is 0.149 e. The molecule has 1 aromatic heterocycles. The van der Waals surface area contributed by atoms with Crippen LogP contribution < -0.4 is 11.1 Å². The monoisotopic (exact) mass is 253 g/mol. The molecule has 0 aliphatic rings. The van der Waals surface area contributed by atoms with Gasteiger partial charge in [0.15, 0.2) is 0 Å². The lowest BCUT2D eigenvalue weighted by molar-refractivity contribution is 0.688. The summed E-state index contributed by atoms with van der Waals surface area (Å²) in [4.78, 5) is 4.25. The van der Waals surface area contributed by atoms with Gasteiger partial charge in [-0.05, 0) is 43.4 Å². The minimum absolute atomic E-state index is 0.773. The number of aryl methyl sites for hydroxylation is 1. The van der Waals surface area contributed by atoms with Crippen LogP contribution in [0.1, 0.15) is 31.2 Å². The highest BCUT2D eigenvalue weighted by Gasteiger charge is 2.01. The summed E-state index contributed by atoms with van der Waals surface area (Å²) in [5, 5.41) is 3.30. The fourth-order valence-corrected chi connectivity index (χ4v) is 2.14. The molecule has 0 saturated carbocycles. The van der Waals surface area contributed by atoms with Gasteiger partial charge in [-0.25, -0.2) is 4.98 Å². The van der Waals surface area contributed by atoms with E-state index in [1.54, 1.807) is 6.20 Å². The molecule has 3 nitrogen and oxygen atoms in total. The minimum Gasteiger partial charge on any atom is -0.396 e. The molecule has 0 unspecified atom stereocenters. The normalized spacial score (nSPS) is 10.5. The molecule has 96 valence electrons. The van der Waals surface area contributed by atoms with Crippen LogP contribution in [0.4, 0.5) is 11.5 Å². The van der Waals surface area contributed by atoms with Gasteiger partial charge in [0.25, 0.3) is 0 Å². The quantitative estimate of drug-likeness (QED) is 0.698. The third-order valence-corrected chi connectivity index (χ3v) is 3.47. The number of rotatable bonds is 8. The molecule has 0 aliphatic heterocycles. The van der Waals surface area contributed by atoms with Crippen molar-refractivity contribution in [1.82, 2.24) is 4.98 Å². The largest absolute Gasteiger partial charge is 0.396 e. The van der Waals surface area contributed by atoms with Crippen LogP contribution in [-0.2, 0) is 0 Å². The molecule has 3 N–H and O–H groups in total. The second kappa shape index (κ2) is 8.23. The van der Waals surface area contributed by atoms with Crippen molar-refractivity contribution in [2.24, 2.45) is 0 Å². The molecular formula is C13H23N3S. The fourth-order valence-electron chi connectivity index (χ4n) is 1.64. The zero-order valence-electron chi connectivity index (χ0n) is 10.8. The van der Waals surface area contributed by atoms with E-state index in [1.165, 1.54) is 31.4 Å². The van der Waals surface area contributed by atoms with Crippen molar-refractivity contribution in [3.8, 4) is 0 Å². The summed E-state index contributed by atoms with van der Waals surface area (Å²) in [5.41, 5.74) is 7.79. The van der Waals surface area contributed by atoms with Crippen LogP contribution in [-0.4, -0.2) is 23.5 Å². The van der Waals surface area contributed by atoms with Crippen molar-refractivity contribution < 1.29 is 0 Å². The highest BCUT2D eigenvalue weighted by atomic mass is 32.2. The van der Waals surface area contributed by atoms with E-state index in [0.717, 1.165) is 23.6 Å². The molecule has 0 bridgehead atoms. The number of pyridine rings is 1. The summed E-state index contributed by atoms with van der Waals surface area (Å²) < 4.78 is 0. The summed E-state index contributed by atoms with van der Waals surface area (Å²) in [7, 11) is 0. The van der Waals surface area contributed by atoms with Gasteiger partial charge in [-0.2, -0.15) is 11.8 Å². The number of nitrogens with zero attached hydrogens (tertiary/aromatic N) is 1. The van der Waals surface area contributed by atoms with Crippen molar-refractivity contribution in [3.05, 3.63) is 17.8 Å². The predicted molar refractivity (Wildman–Crippen MR) is 78.7 cm³/mol. The lowest BCUT2D eigenvalue weighted by atomic mass is 10.2. The molecule has 1 aromatic rings. The Morgan fingerprint density at radius 3 is 2.82 bits per heavy atom. The van der Waals surface area contributed by atoms with Crippen molar-refractivity contribution in [2.75, 3.05) is 29.6 Å². The average Bonchev–Trinajstić information content (AvgIpc) is 2.33. The maximum atomic E-state index is 5.94. The lowest BCUT2D eigenvalue weighted by Gasteiger charge is -2.09. The highest BCUT2D eigenvalue weighted by molar-refractivity contribution is 7.98. The van der Waals surface area contributed by atoms with E-state index in [2.05, 4.69) is 16.6 Å². The first-order valence-electron chi connectivity index (χ1n) is 6.19. The molecule has 0 fully saturated rings. The predicted octanol–water partition coefficient (Wildman–Crippen LogP) is 3.31. The Bertz CT molecular complexity index is 328. The highest BCUT2D eigenvalue weighted by Crippen LogP contribution is 2.18. The maximum absolute atomic E-state index is 5.94. The third-order valence-electron chi connectivity index (χ3n) is 2.78. The smallest absolute Gasteiger partial charge is 0.149 e. The Morgan fingerprint density at radius 1 is 1.29 bits per heavy atom. The molecule has 17 heavy (non-hydrogen) atoms. The number of hydrogen-bond donors (Lipinski definition) is 2. The van der Waals surface area contributed by atoms with E-state index >= 15 is 0 Å². The Labute approximate surface area is 109 Å². The molecule has 0 aromatic carbocycles. The number of anilines is 2. The molecule has 0 aliphatic carbocycles. The van der Waals surface area contributed by atoms with Gasteiger partial charge in [0, 0.05) is 12.7 Å². The van der Waals surface area contributed by atoms with Crippen LogP contribution >= 0.6 is 11.8 Å². The number of nitrogens with two attached hydrogens (primary N) is 1. The van der Waals surface area contributed by atoms with Gasteiger partial charge in [-0.1, -0.05) is 12.8 Å². The Hall–Kier alpha value is -0.900. The van der Waals surface area contributed by atoms with Gasteiger partial charge in [0.2, 0.25) is 0 Å². The van der Waals surface area contributed by atoms with Crippen LogP contribution in [0.15, 0.2) is 12.3 Å². The summed E-state index contributed by atoms with van der Waals surface area (Å²) in [6.45, 7) is 2.96. The van der Waals surface area contributed by atoms with Crippen LogP contribution in [0.5, 0.6) is 0 Å². The van der Waals surface area contributed by atoms with Crippen molar-refractivity contribution in [1.29, 1.82) is 0 Å². The molecular weight excluding hydrogens is 230 g/mol. The summed E-state index contributed by atoms with van der Waals surface area (Å²) in [5.74, 6) is 2.11. The zero-order valence-corrected chi connectivity index (χ0v) is 11.6. The molecule has 0 amide bonds. The van der Waals surface area contributed by atoms with Gasteiger partial charge >= 0.3 is 0 Å². The van der Waals surface area contributed by atoms with E-state index in [-0.39, 0.29) is 0 Å². The van der Waals surface area contributed by atoms with Crippen LogP contribution in [0.3, 0.4) is 0 Å². The molecule has 1 heterocycles. The van der Waals surface area contributed by atoms with Crippen LogP contribution in [0.25, 0.3) is 0 Å². The molecule has 0 radical (unpaired) electrons. The van der Waals surface area contributed by atoms with Crippen molar-refractivity contribution in [2.45, 2.75) is 32.6 Å². The number of thioether (sulfide) groups is 1. The van der Waals surface area contributed by atoms with Gasteiger partial charge in [0.1, 0.15) is 5.82 Å². The van der Waals surface area contributed by atoms with E-state index in [0.29, 0.717) is 0 Å². The molecule has 1 rings (SSSR count). The van der Waals surface area contributed by atoms with Crippen molar-refractivity contribution in [3.63, 3.8) is 0 Å². The third kappa shape index (κ3) is 5.31. The first kappa shape index (κ1) is 14.2. The standard InChI is InChI=1S/C13H23N3S/c1-11-7-9-16-13(12(11)14)15-8-5-3-4-6-10-17-2/h7,9H,3-6,8,10,14H2,1-2H3,(H,15,16). The first-order chi connectivity index (χ1) is 8.25. The number of aromatic nitrogens is 1. The number of nitrogen functional groups attached to an aromatic ring is 1. The van der Waals surface area contributed by atoms with Gasteiger partial charge in [-0.15, -0.1) is 0 Å². The van der Waals surface area contributed by atoms with Crippen LogP contribution in [0, 0.1) is 6.92 Å². The second-order valence-corrected chi connectivity index (χ2v) is 5.21. The van der Waals surface area contributed by atoms with E-state index in [1.807, 2.05) is 24.8 Å². The first-order valence-corrected chi connectivity index (χ1v) is 7.59.